The number of hydrogen-bond donors (Lipinski definition) is 0. The van der Waals surface area contributed by atoms with E-state index in [0.29, 0.717) is 11.3 Å². The summed E-state index contributed by atoms with van der Waals surface area (Å²) < 4.78 is 0. The van der Waals surface area contributed by atoms with Gasteiger partial charge in [-0.05, 0) is 36.6 Å². The summed E-state index contributed by atoms with van der Waals surface area (Å²) in [4.78, 5) is 13.9. The maximum Gasteiger partial charge on any atom is 0.254 e. The molecule has 0 spiro atoms. The smallest absolute Gasteiger partial charge is 0.254 e. The van der Waals surface area contributed by atoms with E-state index in [2.05, 4.69) is 0 Å². The Labute approximate surface area is 105 Å². The zero-order chi connectivity index (χ0) is 11.7. The number of rotatable bonds is 3. The number of nitrogens with zero attached hydrogens (tertiary/aromatic N) is 1. The molecule has 1 heterocycles. The maximum absolute atomic E-state index is 12.1. The molecule has 0 radical (unpaired) electrons. The van der Waals surface area contributed by atoms with Crippen molar-refractivity contribution in [2.45, 2.75) is 25.1 Å². The molecule has 16 heavy (non-hydrogen) atoms. The highest BCUT2D eigenvalue weighted by Gasteiger charge is 2.29. The average Bonchev–Trinajstić information content (AvgIpc) is 2.61. The number of thiophene rings is 1. The topological polar surface area (TPSA) is 20.3 Å². The van der Waals surface area contributed by atoms with Crippen LogP contribution in [0.3, 0.4) is 0 Å². The number of amides is 1. The number of carbonyl (C=O) groups excluding carboxylic acids is 1. The van der Waals surface area contributed by atoms with Crippen LogP contribution in [0.4, 0.5) is 0 Å². The van der Waals surface area contributed by atoms with E-state index in [0.717, 1.165) is 30.5 Å². The fourth-order valence-electron chi connectivity index (χ4n) is 2.06. The summed E-state index contributed by atoms with van der Waals surface area (Å²) in [6, 6.07) is 0. The lowest BCUT2D eigenvalue weighted by Crippen LogP contribution is -2.37. The highest BCUT2D eigenvalue weighted by Crippen LogP contribution is 2.32. The van der Waals surface area contributed by atoms with Crippen LogP contribution in [-0.4, -0.2) is 29.8 Å². The minimum atomic E-state index is 0.136. The van der Waals surface area contributed by atoms with Crippen molar-refractivity contribution in [3.05, 3.63) is 21.9 Å². The first-order chi connectivity index (χ1) is 7.58. The van der Waals surface area contributed by atoms with Crippen LogP contribution < -0.4 is 0 Å². The van der Waals surface area contributed by atoms with Gasteiger partial charge >= 0.3 is 0 Å². The van der Waals surface area contributed by atoms with Crippen LogP contribution in [0.5, 0.6) is 0 Å². The van der Waals surface area contributed by atoms with Crippen LogP contribution in [-0.2, 0) is 0 Å². The summed E-state index contributed by atoms with van der Waals surface area (Å²) in [6.45, 7) is 2.81. The number of hydrogen-bond acceptors (Lipinski definition) is 2. The number of carbonyl (C=O) groups is 1. The van der Waals surface area contributed by atoms with Crippen LogP contribution in [0.1, 0.15) is 28.8 Å². The van der Waals surface area contributed by atoms with Gasteiger partial charge in [-0.15, -0.1) is 11.6 Å². The first-order valence-electron chi connectivity index (χ1n) is 5.50. The van der Waals surface area contributed by atoms with Gasteiger partial charge in [-0.3, -0.25) is 4.79 Å². The highest BCUT2D eigenvalue weighted by atomic mass is 35.5. The van der Waals surface area contributed by atoms with Gasteiger partial charge in [0, 0.05) is 24.3 Å². The Bertz CT molecular complexity index is 384. The van der Waals surface area contributed by atoms with E-state index in [1.807, 2.05) is 29.6 Å². The second-order valence-electron chi connectivity index (χ2n) is 4.59. The van der Waals surface area contributed by atoms with Gasteiger partial charge in [0.25, 0.3) is 5.91 Å². The second kappa shape index (κ2) is 4.76. The number of alkyl halides is 1. The molecule has 1 aliphatic rings. The molecule has 0 aliphatic heterocycles. The van der Waals surface area contributed by atoms with Crippen molar-refractivity contribution in [2.75, 3.05) is 13.6 Å². The predicted octanol–water partition coefficient (Wildman–Crippen LogP) is 3.15. The summed E-state index contributed by atoms with van der Waals surface area (Å²) in [6.07, 6.45) is 2.09. The molecule has 1 fully saturated rings. The zero-order valence-electron chi connectivity index (χ0n) is 9.57. The Morgan fingerprint density at radius 1 is 1.56 bits per heavy atom. The van der Waals surface area contributed by atoms with E-state index in [9.17, 15) is 4.79 Å². The van der Waals surface area contributed by atoms with Crippen molar-refractivity contribution >= 4 is 28.8 Å². The molecule has 0 bridgehead atoms. The summed E-state index contributed by atoms with van der Waals surface area (Å²) in [5.41, 5.74) is 1.92. The molecule has 1 aromatic rings. The molecule has 1 amide bonds. The Hall–Kier alpha value is -0.540. The van der Waals surface area contributed by atoms with Crippen molar-refractivity contribution in [2.24, 2.45) is 5.92 Å². The SMILES string of the molecule is Cc1cscc1C(=O)N(C)CC1CC(Cl)C1. The van der Waals surface area contributed by atoms with Gasteiger partial charge in [0.1, 0.15) is 0 Å². The molecule has 2 rings (SSSR count). The lowest BCUT2D eigenvalue weighted by molar-refractivity contribution is 0.0747. The molecule has 0 aromatic carbocycles. The molecule has 1 saturated carbocycles. The molecule has 0 saturated heterocycles. The maximum atomic E-state index is 12.1. The molecule has 0 atom stereocenters. The highest BCUT2D eigenvalue weighted by molar-refractivity contribution is 7.08. The van der Waals surface area contributed by atoms with E-state index < -0.39 is 0 Å². The van der Waals surface area contributed by atoms with Gasteiger partial charge in [0.15, 0.2) is 0 Å². The number of halogens is 1. The molecular formula is C12H16ClNOS. The van der Waals surface area contributed by atoms with Crippen LogP contribution in [0.15, 0.2) is 10.8 Å². The molecule has 4 heteroatoms. The van der Waals surface area contributed by atoms with Crippen molar-refractivity contribution < 1.29 is 4.79 Å². The predicted molar refractivity (Wildman–Crippen MR) is 68.4 cm³/mol. The van der Waals surface area contributed by atoms with Gasteiger partial charge in [-0.25, -0.2) is 0 Å². The molecular weight excluding hydrogens is 242 g/mol. The van der Waals surface area contributed by atoms with E-state index in [-0.39, 0.29) is 5.91 Å². The van der Waals surface area contributed by atoms with Gasteiger partial charge < -0.3 is 4.90 Å². The van der Waals surface area contributed by atoms with Gasteiger partial charge in [0.2, 0.25) is 0 Å². The first kappa shape index (κ1) is 11.9. The minimum Gasteiger partial charge on any atom is -0.341 e. The Kier molecular flexibility index (Phi) is 3.55. The largest absolute Gasteiger partial charge is 0.341 e. The average molecular weight is 258 g/mol. The quantitative estimate of drug-likeness (QED) is 0.762. The zero-order valence-corrected chi connectivity index (χ0v) is 11.1. The molecule has 88 valence electrons. The summed E-state index contributed by atoms with van der Waals surface area (Å²) >= 11 is 7.51. The number of aryl methyl sites for hydroxylation is 1. The molecule has 0 N–H and O–H groups in total. The monoisotopic (exact) mass is 257 g/mol. The third-order valence-corrected chi connectivity index (χ3v) is 4.36. The van der Waals surface area contributed by atoms with Crippen molar-refractivity contribution in [3.8, 4) is 0 Å². The standard InChI is InChI=1S/C12H16ClNOS/c1-8-6-16-7-11(8)12(15)14(2)5-9-3-10(13)4-9/h6-7,9-10H,3-5H2,1-2H3. The molecule has 1 aromatic heterocycles. The van der Waals surface area contributed by atoms with Crippen LogP contribution in [0.2, 0.25) is 0 Å². The van der Waals surface area contributed by atoms with Crippen LogP contribution >= 0.6 is 22.9 Å². The van der Waals surface area contributed by atoms with Gasteiger partial charge in [0.05, 0.1) is 5.56 Å². The van der Waals surface area contributed by atoms with Crippen LogP contribution in [0, 0.1) is 12.8 Å². The van der Waals surface area contributed by atoms with Gasteiger partial charge in [-0.2, -0.15) is 11.3 Å². The summed E-state index contributed by atoms with van der Waals surface area (Å²) in [7, 11) is 1.88. The fourth-order valence-corrected chi connectivity index (χ4v) is 3.38. The lowest BCUT2D eigenvalue weighted by Gasteiger charge is -2.34. The van der Waals surface area contributed by atoms with E-state index in [4.69, 9.17) is 11.6 Å². The summed E-state index contributed by atoms with van der Waals surface area (Å²) in [5, 5.41) is 4.27. The van der Waals surface area contributed by atoms with Crippen molar-refractivity contribution in [1.82, 2.24) is 4.90 Å². The first-order valence-corrected chi connectivity index (χ1v) is 6.88. The van der Waals surface area contributed by atoms with E-state index in [1.165, 1.54) is 0 Å². The molecule has 2 nitrogen and oxygen atoms in total. The molecule has 1 aliphatic carbocycles. The Balaban J connectivity index is 1.92. The third kappa shape index (κ3) is 2.41. The van der Waals surface area contributed by atoms with E-state index >= 15 is 0 Å². The molecule has 0 unspecified atom stereocenters. The normalized spacial score (nSPS) is 23.9. The Morgan fingerprint density at radius 2 is 2.25 bits per heavy atom. The van der Waals surface area contributed by atoms with Gasteiger partial charge in [-0.1, -0.05) is 0 Å². The second-order valence-corrected chi connectivity index (χ2v) is 5.95. The lowest BCUT2D eigenvalue weighted by atomic mass is 9.84. The Morgan fingerprint density at radius 3 is 2.75 bits per heavy atom. The minimum absolute atomic E-state index is 0.136. The van der Waals surface area contributed by atoms with Crippen molar-refractivity contribution in [1.29, 1.82) is 0 Å². The van der Waals surface area contributed by atoms with E-state index in [1.54, 1.807) is 11.3 Å². The van der Waals surface area contributed by atoms with Crippen LogP contribution in [0.25, 0.3) is 0 Å². The van der Waals surface area contributed by atoms with Crippen molar-refractivity contribution in [3.63, 3.8) is 0 Å². The fraction of sp³-hybridized carbons (Fsp3) is 0.583. The summed E-state index contributed by atoms with van der Waals surface area (Å²) in [5.74, 6) is 0.729. The third-order valence-electron chi connectivity index (χ3n) is 3.14.